The molecule has 0 spiro atoms. The van der Waals surface area contributed by atoms with Gasteiger partial charge in [-0.2, -0.15) is 35.8 Å². The minimum absolute atomic E-state index is 0.181. The summed E-state index contributed by atoms with van der Waals surface area (Å²) in [7, 11) is 0. The predicted molar refractivity (Wildman–Crippen MR) is 72.4 cm³/mol. The summed E-state index contributed by atoms with van der Waals surface area (Å²) in [6.45, 7) is 1.25. The third-order valence-electron chi connectivity index (χ3n) is 2.65. The van der Waals surface area contributed by atoms with Gasteiger partial charge in [-0.15, -0.1) is 0 Å². The van der Waals surface area contributed by atoms with Gasteiger partial charge >= 0.3 is 23.9 Å². The summed E-state index contributed by atoms with van der Waals surface area (Å²) >= 11 is 0. The molecule has 0 saturated carbocycles. The molecule has 0 heterocycles. The van der Waals surface area contributed by atoms with Gasteiger partial charge < -0.3 is 5.32 Å². The number of benzene rings is 1. The molecule has 0 bridgehead atoms. The average Bonchev–Trinajstić information content (AvgIpc) is 2.47. The van der Waals surface area contributed by atoms with Crippen LogP contribution in [-0.2, 0) is 9.59 Å². The number of carbonyl (C=O) groups is 2. The van der Waals surface area contributed by atoms with E-state index < -0.39 is 23.9 Å². The van der Waals surface area contributed by atoms with Gasteiger partial charge in [0, 0.05) is 12.6 Å². The quantitative estimate of drug-likeness (QED) is 0.473. The van der Waals surface area contributed by atoms with Crippen molar-refractivity contribution in [3.63, 3.8) is 0 Å². The molecule has 0 fully saturated rings. The van der Waals surface area contributed by atoms with Gasteiger partial charge in [0.05, 0.1) is 6.21 Å². The van der Waals surface area contributed by atoms with E-state index in [0.29, 0.717) is 5.69 Å². The van der Waals surface area contributed by atoms with Crippen molar-refractivity contribution in [3.8, 4) is 0 Å². The minimum Gasteiger partial charge on any atom is -0.326 e. The van der Waals surface area contributed by atoms with E-state index >= 15 is 0 Å². The summed E-state index contributed by atoms with van der Waals surface area (Å²) in [5.74, 6) is -15.9. The third kappa shape index (κ3) is 4.67. The highest BCUT2D eigenvalue weighted by Gasteiger charge is 2.76. The second kappa shape index (κ2) is 7.07. The largest absolute Gasteiger partial charge is 0.460 e. The number of nitrogens with zero attached hydrogens (tertiary/aromatic N) is 1. The van der Waals surface area contributed by atoms with Crippen molar-refractivity contribution in [2.75, 3.05) is 5.32 Å². The zero-order chi connectivity index (χ0) is 19.5. The van der Waals surface area contributed by atoms with E-state index in [4.69, 9.17) is 0 Å². The first kappa shape index (κ1) is 20.4. The van der Waals surface area contributed by atoms with E-state index in [-0.39, 0.29) is 11.5 Å². The van der Waals surface area contributed by atoms with E-state index in [1.807, 2.05) is 0 Å². The number of hydrazone groups is 1. The van der Waals surface area contributed by atoms with Crippen molar-refractivity contribution >= 4 is 23.7 Å². The van der Waals surface area contributed by atoms with Crippen LogP contribution in [0.3, 0.4) is 0 Å². The van der Waals surface area contributed by atoms with Crippen LogP contribution in [0.25, 0.3) is 0 Å². The number of halogens is 7. The molecule has 0 aromatic heterocycles. The summed E-state index contributed by atoms with van der Waals surface area (Å²) in [5, 5.41) is 5.32. The molecule has 25 heavy (non-hydrogen) atoms. The lowest BCUT2D eigenvalue weighted by Crippen LogP contribution is -2.58. The monoisotopic (exact) mass is 373 g/mol. The van der Waals surface area contributed by atoms with Gasteiger partial charge in [-0.05, 0) is 17.7 Å². The van der Waals surface area contributed by atoms with Gasteiger partial charge in [-0.3, -0.25) is 9.59 Å². The van der Waals surface area contributed by atoms with Crippen molar-refractivity contribution in [1.82, 2.24) is 5.43 Å². The molecular formula is C13H10F7N3O2. The van der Waals surface area contributed by atoms with Crippen molar-refractivity contribution in [2.24, 2.45) is 5.10 Å². The van der Waals surface area contributed by atoms with Crippen LogP contribution in [0.4, 0.5) is 36.4 Å². The molecule has 138 valence electrons. The summed E-state index contributed by atoms with van der Waals surface area (Å²) in [6.07, 6.45) is -5.88. The Kier molecular flexibility index (Phi) is 5.76. The van der Waals surface area contributed by atoms with Crippen molar-refractivity contribution in [3.05, 3.63) is 29.8 Å². The number of amides is 2. The van der Waals surface area contributed by atoms with Crippen LogP contribution in [0.2, 0.25) is 0 Å². The van der Waals surface area contributed by atoms with Gasteiger partial charge in [0.1, 0.15) is 0 Å². The highest BCUT2D eigenvalue weighted by molar-refractivity contribution is 5.90. The molecule has 1 aromatic rings. The van der Waals surface area contributed by atoms with Crippen LogP contribution in [0, 0.1) is 0 Å². The topological polar surface area (TPSA) is 70.6 Å². The van der Waals surface area contributed by atoms with Crippen LogP contribution < -0.4 is 10.7 Å². The lowest BCUT2D eigenvalue weighted by Gasteiger charge is -2.26. The van der Waals surface area contributed by atoms with E-state index in [1.165, 1.54) is 31.2 Å². The first-order valence-electron chi connectivity index (χ1n) is 6.32. The Hall–Kier alpha value is -2.66. The molecule has 2 N–H and O–H groups in total. The predicted octanol–water partition coefficient (Wildman–Crippen LogP) is 2.93. The van der Waals surface area contributed by atoms with Crippen molar-refractivity contribution in [1.29, 1.82) is 0 Å². The second-order valence-electron chi connectivity index (χ2n) is 4.65. The van der Waals surface area contributed by atoms with Crippen LogP contribution in [0.1, 0.15) is 12.5 Å². The fraction of sp³-hybridized carbons (Fsp3) is 0.308. The van der Waals surface area contributed by atoms with Crippen LogP contribution in [0.15, 0.2) is 29.4 Å². The number of hydrogen-bond donors (Lipinski definition) is 2. The second-order valence-corrected chi connectivity index (χ2v) is 4.65. The fourth-order valence-electron chi connectivity index (χ4n) is 1.41. The molecule has 0 aliphatic carbocycles. The molecule has 5 nitrogen and oxygen atoms in total. The minimum atomic E-state index is -6.61. The third-order valence-corrected chi connectivity index (χ3v) is 2.65. The maximum absolute atomic E-state index is 13.0. The summed E-state index contributed by atoms with van der Waals surface area (Å²) in [5.41, 5.74) is 1.49. The van der Waals surface area contributed by atoms with Crippen molar-refractivity contribution in [2.45, 2.75) is 24.9 Å². The van der Waals surface area contributed by atoms with Crippen LogP contribution in [0.5, 0.6) is 0 Å². The lowest BCUT2D eigenvalue weighted by atomic mass is 10.1. The molecule has 1 aromatic carbocycles. The summed E-state index contributed by atoms with van der Waals surface area (Å²) in [4.78, 5) is 21.7. The van der Waals surface area contributed by atoms with E-state index in [9.17, 15) is 40.3 Å². The Bertz CT molecular complexity index is 669. The first-order chi connectivity index (χ1) is 11.3. The molecular weight excluding hydrogens is 363 g/mol. The number of nitrogens with one attached hydrogen (secondary N) is 2. The maximum Gasteiger partial charge on any atom is 0.460 e. The molecule has 1 rings (SSSR count). The Morgan fingerprint density at radius 3 is 1.96 bits per heavy atom. The Labute approximate surface area is 135 Å². The molecule has 0 atom stereocenters. The molecule has 0 unspecified atom stereocenters. The number of rotatable bonds is 5. The Morgan fingerprint density at radius 1 is 1.00 bits per heavy atom. The molecule has 0 aliphatic rings. The molecule has 12 heteroatoms. The van der Waals surface area contributed by atoms with Gasteiger partial charge in [0.15, 0.2) is 0 Å². The number of carbonyl (C=O) groups excluding carboxylic acids is 2. The standard InChI is InChI=1S/C13H10F7N3O2/c1-7(24)22-9-4-2-8(3-5-9)6-21-23-10(25)11(14,15)12(16,17)13(18,19)20/h2-6H,1H3,(H,22,24)(H,23,25)/b21-6-. The smallest absolute Gasteiger partial charge is 0.326 e. The van der Waals surface area contributed by atoms with Crippen LogP contribution in [-0.4, -0.2) is 36.1 Å². The molecule has 0 saturated heterocycles. The lowest BCUT2D eigenvalue weighted by molar-refractivity contribution is -0.344. The van der Waals surface area contributed by atoms with Gasteiger partial charge in [-0.1, -0.05) is 12.1 Å². The molecule has 2 amide bonds. The van der Waals surface area contributed by atoms with Gasteiger partial charge in [0.25, 0.3) is 0 Å². The zero-order valence-electron chi connectivity index (χ0n) is 12.3. The number of anilines is 1. The highest BCUT2D eigenvalue weighted by Crippen LogP contribution is 2.46. The fourth-order valence-corrected chi connectivity index (χ4v) is 1.41. The summed E-state index contributed by atoms with van der Waals surface area (Å²) < 4.78 is 87.0. The van der Waals surface area contributed by atoms with E-state index in [2.05, 4.69) is 10.4 Å². The van der Waals surface area contributed by atoms with Crippen molar-refractivity contribution < 1.29 is 40.3 Å². The number of hydrogen-bond acceptors (Lipinski definition) is 3. The number of alkyl halides is 7. The first-order valence-corrected chi connectivity index (χ1v) is 6.32. The van der Waals surface area contributed by atoms with E-state index in [1.54, 1.807) is 0 Å². The molecule has 0 aliphatic heterocycles. The average molecular weight is 373 g/mol. The van der Waals surface area contributed by atoms with E-state index in [0.717, 1.165) is 11.6 Å². The SMILES string of the molecule is CC(=O)Nc1ccc(/C=N\NC(=O)C(F)(F)C(F)(F)C(F)(F)F)cc1. The van der Waals surface area contributed by atoms with Crippen LogP contribution >= 0.6 is 0 Å². The Morgan fingerprint density at radius 2 is 1.52 bits per heavy atom. The summed E-state index contributed by atoms with van der Waals surface area (Å²) in [6, 6.07) is 5.36. The highest BCUT2D eigenvalue weighted by atomic mass is 19.4. The normalized spacial score (nSPS) is 13.0. The zero-order valence-corrected chi connectivity index (χ0v) is 12.3. The maximum atomic E-state index is 13.0. The van der Waals surface area contributed by atoms with Gasteiger partial charge in [-0.25, -0.2) is 5.43 Å². The van der Waals surface area contributed by atoms with Gasteiger partial charge in [0.2, 0.25) is 5.91 Å². The Balaban J connectivity index is 2.78. The molecule has 0 radical (unpaired) electrons.